The number of guanidine groups is 1. The summed E-state index contributed by atoms with van der Waals surface area (Å²) in [6.45, 7) is 3.29. The van der Waals surface area contributed by atoms with Crippen LogP contribution in [-0.4, -0.2) is 47.1 Å². The maximum Gasteiger partial charge on any atom is 0.191 e. The number of rotatable bonds is 7. The summed E-state index contributed by atoms with van der Waals surface area (Å²) in [6, 6.07) is 9.29. The fourth-order valence-electron chi connectivity index (χ4n) is 3.81. The quantitative estimate of drug-likeness (QED) is 0.273. The highest BCUT2D eigenvalue weighted by Gasteiger charge is 2.25. The van der Waals surface area contributed by atoms with Gasteiger partial charge in [0.2, 0.25) is 0 Å². The van der Waals surface area contributed by atoms with Gasteiger partial charge in [0, 0.05) is 32.5 Å². The van der Waals surface area contributed by atoms with E-state index in [1.54, 1.807) is 42.7 Å². The van der Waals surface area contributed by atoms with E-state index in [4.69, 9.17) is 4.42 Å². The lowest BCUT2D eigenvalue weighted by molar-refractivity contribution is 0.215. The summed E-state index contributed by atoms with van der Waals surface area (Å²) in [4.78, 5) is 10.7. The van der Waals surface area contributed by atoms with Gasteiger partial charge in [-0.05, 0) is 55.8 Å². The van der Waals surface area contributed by atoms with Crippen molar-refractivity contribution < 1.29 is 8.81 Å². The second kappa shape index (κ2) is 11.3. The number of nitrogens with one attached hydrogen (secondary N) is 2. The Kier molecular flexibility index (Phi) is 8.47. The molecule has 1 fully saturated rings. The number of likely N-dealkylation sites (tertiary alicyclic amines) is 1. The Morgan fingerprint density at radius 1 is 1.26 bits per heavy atom. The first-order valence-corrected chi connectivity index (χ1v) is 10.2. The van der Waals surface area contributed by atoms with Gasteiger partial charge in [0.05, 0.1) is 24.3 Å². The van der Waals surface area contributed by atoms with Crippen LogP contribution in [0.4, 0.5) is 4.39 Å². The molecular weight excluding hydrogens is 510 g/mol. The number of imidazole rings is 1. The minimum Gasteiger partial charge on any atom is -0.468 e. The molecule has 0 bridgehead atoms. The van der Waals surface area contributed by atoms with Crippen molar-refractivity contribution in [3.05, 3.63) is 72.5 Å². The van der Waals surface area contributed by atoms with Crippen molar-refractivity contribution in [3.63, 3.8) is 0 Å². The largest absolute Gasteiger partial charge is 0.468 e. The van der Waals surface area contributed by atoms with Gasteiger partial charge in [-0.25, -0.2) is 9.37 Å². The lowest BCUT2D eigenvalue weighted by atomic mass is 10.2. The molecule has 4 rings (SSSR count). The van der Waals surface area contributed by atoms with Gasteiger partial charge in [-0.15, -0.1) is 24.0 Å². The summed E-state index contributed by atoms with van der Waals surface area (Å²) >= 11 is 0. The Morgan fingerprint density at radius 3 is 2.74 bits per heavy atom. The summed E-state index contributed by atoms with van der Waals surface area (Å²) in [7, 11) is 1.73. The predicted octanol–water partition coefficient (Wildman–Crippen LogP) is 3.72. The molecule has 0 spiro atoms. The van der Waals surface area contributed by atoms with Crippen LogP contribution in [0, 0.1) is 5.82 Å². The Morgan fingerprint density at radius 2 is 2.10 bits per heavy atom. The molecule has 2 N–H and O–H groups in total. The van der Waals surface area contributed by atoms with Crippen molar-refractivity contribution >= 4 is 29.9 Å². The topological polar surface area (TPSA) is 70.6 Å². The third-order valence-corrected chi connectivity index (χ3v) is 5.39. The first-order valence-electron chi connectivity index (χ1n) is 10.2. The van der Waals surface area contributed by atoms with Crippen molar-refractivity contribution in [3.8, 4) is 5.69 Å². The zero-order valence-electron chi connectivity index (χ0n) is 17.5. The molecule has 2 aromatic heterocycles. The highest BCUT2D eigenvalue weighted by molar-refractivity contribution is 14.0. The summed E-state index contributed by atoms with van der Waals surface area (Å²) in [6.07, 6.45) is 9.07. The van der Waals surface area contributed by atoms with Crippen molar-refractivity contribution in [2.24, 2.45) is 4.99 Å². The van der Waals surface area contributed by atoms with Crippen molar-refractivity contribution in [2.45, 2.75) is 25.4 Å². The number of furan rings is 1. The lowest BCUT2D eigenvalue weighted by Gasteiger charge is -2.26. The smallest absolute Gasteiger partial charge is 0.191 e. The van der Waals surface area contributed by atoms with Crippen molar-refractivity contribution in [2.75, 3.05) is 26.7 Å². The number of nitrogens with zero attached hydrogens (tertiary/aromatic N) is 4. The normalized spacial score (nSPS) is 15.5. The summed E-state index contributed by atoms with van der Waals surface area (Å²) in [5.74, 6) is 1.34. The first kappa shape index (κ1) is 23.3. The van der Waals surface area contributed by atoms with E-state index in [0.29, 0.717) is 24.7 Å². The molecule has 1 unspecified atom stereocenters. The van der Waals surface area contributed by atoms with Crippen LogP contribution in [0.3, 0.4) is 0 Å². The van der Waals surface area contributed by atoms with E-state index in [1.807, 2.05) is 18.2 Å². The highest BCUT2D eigenvalue weighted by Crippen LogP contribution is 2.24. The molecular formula is C22H28FIN6O. The summed E-state index contributed by atoms with van der Waals surface area (Å²) in [5, 5.41) is 6.65. The monoisotopic (exact) mass is 538 g/mol. The summed E-state index contributed by atoms with van der Waals surface area (Å²) in [5.41, 5.74) is 1.31. The molecule has 1 aliphatic rings. The molecule has 0 amide bonds. The minimum absolute atomic E-state index is 0. The average Bonchev–Trinajstić information content (AvgIpc) is 3.54. The Balaban J connectivity index is 0.00000272. The van der Waals surface area contributed by atoms with Crippen molar-refractivity contribution in [1.29, 1.82) is 0 Å². The van der Waals surface area contributed by atoms with E-state index in [2.05, 4.69) is 25.5 Å². The molecule has 3 aromatic rings. The Bertz CT molecular complexity index is 955. The number of aromatic nitrogens is 2. The maximum atomic E-state index is 14.5. The molecule has 166 valence electrons. The molecule has 0 radical (unpaired) electrons. The van der Waals surface area contributed by atoms with Gasteiger partial charge in [-0.2, -0.15) is 0 Å². The van der Waals surface area contributed by atoms with Crippen molar-refractivity contribution in [1.82, 2.24) is 25.1 Å². The lowest BCUT2D eigenvalue weighted by Crippen LogP contribution is -2.42. The highest BCUT2D eigenvalue weighted by atomic mass is 127. The van der Waals surface area contributed by atoms with Gasteiger partial charge in [-0.1, -0.05) is 6.07 Å². The number of halogens is 2. The van der Waals surface area contributed by atoms with E-state index in [9.17, 15) is 4.39 Å². The van der Waals surface area contributed by atoms with E-state index in [-0.39, 0.29) is 35.8 Å². The van der Waals surface area contributed by atoms with Gasteiger partial charge in [0.25, 0.3) is 0 Å². The average molecular weight is 538 g/mol. The minimum atomic E-state index is -0.290. The van der Waals surface area contributed by atoms with E-state index in [1.165, 1.54) is 18.9 Å². The molecule has 31 heavy (non-hydrogen) atoms. The van der Waals surface area contributed by atoms with Crippen LogP contribution in [0.1, 0.15) is 30.2 Å². The van der Waals surface area contributed by atoms with E-state index < -0.39 is 0 Å². The number of benzene rings is 1. The molecule has 1 atom stereocenters. The number of hydrogen-bond donors (Lipinski definition) is 2. The van der Waals surface area contributed by atoms with Gasteiger partial charge in [0.15, 0.2) is 5.96 Å². The second-order valence-corrected chi connectivity index (χ2v) is 7.34. The third-order valence-electron chi connectivity index (χ3n) is 5.39. The van der Waals surface area contributed by atoms with Crippen LogP contribution in [0.15, 0.2) is 64.7 Å². The molecule has 9 heteroatoms. The second-order valence-electron chi connectivity index (χ2n) is 7.34. The Labute approximate surface area is 198 Å². The molecule has 3 heterocycles. The van der Waals surface area contributed by atoms with E-state index >= 15 is 0 Å². The molecule has 1 saturated heterocycles. The zero-order chi connectivity index (χ0) is 20.8. The standard InChI is InChI=1S/C22H27FN6O.HI/c1-24-22(27-15-20(21-5-4-12-30-21)28-9-2-3-10-28)26-14-17-6-7-19(18(23)13-17)29-11-8-25-16-29;/h4-8,11-13,16,20H,2-3,9-10,14-15H2,1H3,(H2,24,26,27);1H. The van der Waals surface area contributed by atoms with Crippen LogP contribution in [0.2, 0.25) is 0 Å². The predicted molar refractivity (Wildman–Crippen MR) is 129 cm³/mol. The zero-order valence-corrected chi connectivity index (χ0v) is 19.8. The fraction of sp³-hybridized carbons (Fsp3) is 0.364. The SMILES string of the molecule is CN=C(NCc1ccc(-n2ccnc2)c(F)c1)NCC(c1ccco1)N1CCCC1.I. The van der Waals surface area contributed by atoms with Gasteiger partial charge >= 0.3 is 0 Å². The number of hydrogen-bond acceptors (Lipinski definition) is 4. The number of aliphatic imine (C=N–C) groups is 1. The molecule has 1 aliphatic heterocycles. The summed E-state index contributed by atoms with van der Waals surface area (Å²) < 4.78 is 21.8. The maximum absolute atomic E-state index is 14.5. The molecule has 0 aliphatic carbocycles. The fourth-order valence-corrected chi connectivity index (χ4v) is 3.81. The van der Waals surface area contributed by atoms with Crippen LogP contribution in [-0.2, 0) is 6.54 Å². The van der Waals surface area contributed by atoms with E-state index in [0.717, 1.165) is 24.4 Å². The van der Waals surface area contributed by atoms with Gasteiger partial charge < -0.3 is 19.6 Å². The van der Waals surface area contributed by atoms with Crippen LogP contribution < -0.4 is 10.6 Å². The van der Waals surface area contributed by atoms with Crippen LogP contribution in [0.5, 0.6) is 0 Å². The molecule has 7 nitrogen and oxygen atoms in total. The van der Waals surface area contributed by atoms with Crippen LogP contribution >= 0.6 is 24.0 Å². The van der Waals surface area contributed by atoms with Crippen LogP contribution in [0.25, 0.3) is 5.69 Å². The molecule has 0 saturated carbocycles. The van der Waals surface area contributed by atoms with Gasteiger partial charge in [-0.3, -0.25) is 9.89 Å². The molecule has 1 aromatic carbocycles. The van der Waals surface area contributed by atoms with Gasteiger partial charge in [0.1, 0.15) is 11.6 Å². The first-order chi connectivity index (χ1) is 14.7. The Hall–Kier alpha value is -2.40. The third kappa shape index (κ3) is 5.85.